The van der Waals surface area contributed by atoms with Crippen molar-refractivity contribution in [1.29, 1.82) is 0 Å². The molecule has 13 nitrogen and oxygen atoms in total. The minimum absolute atomic E-state index is 0.0292. The number of ether oxygens (including phenoxy) is 4. The van der Waals surface area contributed by atoms with Crippen molar-refractivity contribution in [1.82, 2.24) is 21.3 Å². The molecule has 0 radical (unpaired) electrons. The first-order valence-corrected chi connectivity index (χ1v) is 19.7. The lowest BCUT2D eigenvalue weighted by Gasteiger charge is -2.27. The lowest BCUT2D eigenvalue weighted by molar-refractivity contribution is -0.123. The van der Waals surface area contributed by atoms with Gasteiger partial charge in [-0.1, -0.05) is 61.0 Å². The van der Waals surface area contributed by atoms with E-state index in [1.54, 1.807) is 4.90 Å². The fourth-order valence-corrected chi connectivity index (χ4v) is 8.00. The molecule has 2 aromatic carbocycles. The zero-order valence-corrected chi connectivity index (χ0v) is 31.2. The molecule has 2 saturated heterocycles. The number of hydrogen-bond acceptors (Lipinski definition) is 9. The zero-order valence-electron chi connectivity index (χ0n) is 30.4. The maximum atomic E-state index is 13.3. The molecule has 3 heterocycles. The summed E-state index contributed by atoms with van der Waals surface area (Å²) in [5, 5.41) is 12.1. The number of unbranched alkanes of at least 4 members (excludes halogenated alkanes) is 1. The molecule has 0 spiro atoms. The second-order valence-corrected chi connectivity index (χ2v) is 14.4. The SMILES string of the molecule is O=C(CCCC[C@@H]1SC[C@@H]2NC(=O)N[C@@H]21)NCCOCCOCCOCCOCCC(=O)NCCC(=O)N1Cc2ccccc2/C=C\c2ccccc21. The van der Waals surface area contributed by atoms with Crippen LogP contribution in [0.3, 0.4) is 0 Å². The van der Waals surface area contributed by atoms with E-state index in [-0.39, 0.29) is 61.8 Å². The van der Waals surface area contributed by atoms with Crippen molar-refractivity contribution in [2.24, 2.45) is 0 Å². The fraction of sp³-hybridized carbons (Fsp3) is 0.538. The third-order valence-corrected chi connectivity index (χ3v) is 10.8. The second kappa shape index (κ2) is 22.3. The Morgan fingerprint density at radius 1 is 0.717 bits per heavy atom. The van der Waals surface area contributed by atoms with Gasteiger partial charge in [0.1, 0.15) is 0 Å². The molecule has 5 rings (SSSR count). The summed E-state index contributed by atoms with van der Waals surface area (Å²) in [5.74, 6) is 0.764. The van der Waals surface area contributed by atoms with Gasteiger partial charge in [-0.15, -0.1) is 0 Å². The first-order chi connectivity index (χ1) is 26.0. The summed E-state index contributed by atoms with van der Waals surface area (Å²) in [6.45, 7) is 4.34. The predicted molar refractivity (Wildman–Crippen MR) is 205 cm³/mol. The molecule has 5 amide bonds. The Hall–Kier alpha value is -3.95. The highest BCUT2D eigenvalue weighted by Crippen LogP contribution is 2.33. The molecule has 288 valence electrons. The van der Waals surface area contributed by atoms with Crippen molar-refractivity contribution in [2.75, 3.05) is 76.6 Å². The topological polar surface area (TPSA) is 157 Å². The summed E-state index contributed by atoms with van der Waals surface area (Å²) in [7, 11) is 0. The van der Waals surface area contributed by atoms with Gasteiger partial charge < -0.3 is 45.1 Å². The van der Waals surface area contributed by atoms with E-state index in [0.717, 1.165) is 47.4 Å². The number of thioether (sulfide) groups is 1. The number of para-hydroxylation sites is 1. The third-order valence-electron chi connectivity index (χ3n) is 9.25. The number of hydrogen-bond donors (Lipinski definition) is 4. The molecule has 2 aromatic rings. The van der Waals surface area contributed by atoms with E-state index in [1.807, 2.05) is 66.4 Å². The van der Waals surface area contributed by atoms with Crippen LogP contribution >= 0.6 is 11.8 Å². The normalized spacial score (nSPS) is 19.2. The number of carbonyl (C=O) groups is 4. The summed E-state index contributed by atoms with van der Waals surface area (Å²) < 4.78 is 22.1. The quantitative estimate of drug-likeness (QED) is 0.0987. The Morgan fingerprint density at radius 2 is 1.36 bits per heavy atom. The molecule has 0 saturated carbocycles. The number of anilines is 1. The molecule has 0 unspecified atom stereocenters. The minimum atomic E-state index is -0.165. The molecule has 2 fully saturated rings. The number of rotatable bonds is 23. The van der Waals surface area contributed by atoms with Crippen LogP contribution in [0.15, 0.2) is 48.5 Å². The molecule has 14 heteroatoms. The van der Waals surface area contributed by atoms with Gasteiger partial charge in [-0.05, 0) is 35.6 Å². The number of urea groups is 1. The molecule has 4 N–H and O–H groups in total. The highest BCUT2D eigenvalue weighted by Gasteiger charge is 2.42. The van der Waals surface area contributed by atoms with E-state index in [2.05, 4.69) is 27.3 Å². The number of benzene rings is 2. The summed E-state index contributed by atoms with van der Waals surface area (Å²) in [6, 6.07) is 16.3. The Labute approximate surface area is 316 Å². The number of nitrogens with zero attached hydrogens (tertiary/aromatic N) is 1. The van der Waals surface area contributed by atoms with Crippen LogP contribution in [-0.4, -0.2) is 113 Å². The maximum Gasteiger partial charge on any atom is 0.315 e. The van der Waals surface area contributed by atoms with E-state index in [9.17, 15) is 19.2 Å². The van der Waals surface area contributed by atoms with Crippen LogP contribution in [0.2, 0.25) is 0 Å². The largest absolute Gasteiger partial charge is 0.379 e. The number of nitrogens with one attached hydrogen (secondary N) is 4. The highest BCUT2D eigenvalue weighted by atomic mass is 32.2. The van der Waals surface area contributed by atoms with E-state index < -0.39 is 0 Å². The molecule has 3 aliphatic rings. The summed E-state index contributed by atoms with van der Waals surface area (Å²) in [6.07, 6.45) is 7.80. The van der Waals surface area contributed by atoms with Crippen molar-refractivity contribution in [3.8, 4) is 0 Å². The van der Waals surface area contributed by atoms with Gasteiger partial charge in [-0.25, -0.2) is 4.79 Å². The van der Waals surface area contributed by atoms with Gasteiger partial charge in [0.05, 0.1) is 77.2 Å². The van der Waals surface area contributed by atoms with Gasteiger partial charge in [0, 0.05) is 43.4 Å². The average molecular weight is 752 g/mol. The molecule has 3 aliphatic heterocycles. The smallest absolute Gasteiger partial charge is 0.315 e. The van der Waals surface area contributed by atoms with Gasteiger partial charge in [-0.2, -0.15) is 11.8 Å². The second-order valence-electron chi connectivity index (χ2n) is 13.1. The Balaban J connectivity index is 0.785. The zero-order chi connectivity index (χ0) is 37.1. The highest BCUT2D eigenvalue weighted by molar-refractivity contribution is 8.00. The molecule has 53 heavy (non-hydrogen) atoms. The number of carbonyl (C=O) groups excluding carboxylic acids is 4. The molecule has 0 aromatic heterocycles. The van der Waals surface area contributed by atoms with Crippen LogP contribution in [0.4, 0.5) is 10.5 Å². The first-order valence-electron chi connectivity index (χ1n) is 18.7. The molecule has 3 atom stereocenters. The Bertz CT molecular complexity index is 1530. The number of amides is 5. The maximum absolute atomic E-state index is 13.3. The fourth-order valence-electron chi connectivity index (χ4n) is 6.46. The summed E-state index contributed by atoms with van der Waals surface area (Å²) in [5.41, 5.74) is 3.99. The molecule has 0 aliphatic carbocycles. The standard InChI is InChI=1S/C39H53N5O8S/c45-35(12-6-5-11-34-38-32(28-53-34)42-39(48)43-38)41-18-20-50-22-24-52-26-25-51-23-21-49-19-16-36(46)40-17-15-37(47)44-27-31-9-2-1-7-29(31)13-14-30-8-3-4-10-33(30)44/h1-4,7-10,13-14,32,34,38H,5-6,11-12,15-28H2,(H,40,46)(H,41,45)(H2,42,43,48)/b14-13-/t32-,34-,38-/m0/s1. The average Bonchev–Trinajstić information content (AvgIpc) is 3.71. The van der Waals surface area contributed by atoms with Crippen LogP contribution in [0, 0.1) is 0 Å². The van der Waals surface area contributed by atoms with E-state index in [0.29, 0.717) is 71.0 Å². The predicted octanol–water partition coefficient (Wildman–Crippen LogP) is 3.51. The Kier molecular flexibility index (Phi) is 16.9. The monoisotopic (exact) mass is 751 g/mol. The van der Waals surface area contributed by atoms with Crippen LogP contribution in [0.5, 0.6) is 0 Å². The van der Waals surface area contributed by atoms with Gasteiger partial charge >= 0.3 is 6.03 Å². The van der Waals surface area contributed by atoms with E-state index in [4.69, 9.17) is 18.9 Å². The summed E-state index contributed by atoms with van der Waals surface area (Å²) >= 11 is 1.90. The van der Waals surface area contributed by atoms with Gasteiger partial charge in [0.25, 0.3) is 0 Å². The van der Waals surface area contributed by atoms with Crippen molar-refractivity contribution in [3.05, 3.63) is 65.2 Å². The van der Waals surface area contributed by atoms with Gasteiger partial charge in [-0.3, -0.25) is 14.4 Å². The van der Waals surface area contributed by atoms with Crippen LogP contribution in [0.1, 0.15) is 55.2 Å². The van der Waals surface area contributed by atoms with Crippen molar-refractivity contribution >= 4 is 53.4 Å². The van der Waals surface area contributed by atoms with Crippen molar-refractivity contribution < 1.29 is 38.1 Å². The summed E-state index contributed by atoms with van der Waals surface area (Å²) in [4.78, 5) is 51.0. The Morgan fingerprint density at radius 3 is 2.15 bits per heavy atom. The van der Waals surface area contributed by atoms with Crippen LogP contribution in [-0.2, 0) is 39.9 Å². The van der Waals surface area contributed by atoms with Gasteiger partial charge in [0.15, 0.2) is 0 Å². The first kappa shape index (κ1) is 40.2. The van der Waals surface area contributed by atoms with Crippen LogP contribution < -0.4 is 26.2 Å². The lowest BCUT2D eigenvalue weighted by atomic mass is 10.0. The molecule has 0 bridgehead atoms. The van der Waals surface area contributed by atoms with E-state index >= 15 is 0 Å². The van der Waals surface area contributed by atoms with Crippen molar-refractivity contribution in [2.45, 2.75) is 62.4 Å². The number of fused-ring (bicyclic) bond motifs is 3. The van der Waals surface area contributed by atoms with Crippen LogP contribution in [0.25, 0.3) is 12.2 Å². The minimum Gasteiger partial charge on any atom is -0.379 e. The van der Waals surface area contributed by atoms with Gasteiger partial charge in [0.2, 0.25) is 17.7 Å². The third kappa shape index (κ3) is 13.4. The molecular formula is C39H53N5O8S. The lowest BCUT2D eigenvalue weighted by Crippen LogP contribution is -2.36. The molecular weight excluding hydrogens is 699 g/mol. The van der Waals surface area contributed by atoms with Crippen molar-refractivity contribution in [3.63, 3.8) is 0 Å². The van der Waals surface area contributed by atoms with E-state index in [1.165, 1.54) is 0 Å².